The van der Waals surface area contributed by atoms with E-state index in [0.29, 0.717) is 41.4 Å². The van der Waals surface area contributed by atoms with Crippen LogP contribution in [0.15, 0.2) is 28.7 Å². The predicted molar refractivity (Wildman–Crippen MR) is 92.4 cm³/mol. The molecule has 0 N–H and O–H groups in total. The predicted octanol–water partition coefficient (Wildman–Crippen LogP) is 3.96. The lowest BCUT2D eigenvalue weighted by Gasteiger charge is -2.21. The number of esters is 1. The summed E-state index contributed by atoms with van der Waals surface area (Å²) in [5.41, 5.74) is 2.05. The number of rotatable bonds is 5. The summed E-state index contributed by atoms with van der Waals surface area (Å²) in [7, 11) is 1.53. The molecule has 0 unspecified atom stereocenters. The second kappa shape index (κ2) is 7.42. The highest BCUT2D eigenvalue weighted by atomic mass is 35.5. The highest BCUT2D eigenvalue weighted by Gasteiger charge is 2.34. The third-order valence-corrected chi connectivity index (χ3v) is 4.62. The first kappa shape index (κ1) is 17.7. The van der Waals surface area contributed by atoms with Crippen molar-refractivity contribution in [1.82, 2.24) is 0 Å². The summed E-state index contributed by atoms with van der Waals surface area (Å²) < 4.78 is 15.7. The van der Waals surface area contributed by atoms with Gasteiger partial charge in [0.2, 0.25) is 5.76 Å². The first-order valence-electron chi connectivity index (χ1n) is 8.08. The summed E-state index contributed by atoms with van der Waals surface area (Å²) >= 11 is 6.05. The van der Waals surface area contributed by atoms with Gasteiger partial charge in [-0.25, -0.2) is 4.79 Å². The molecule has 5 nitrogen and oxygen atoms in total. The van der Waals surface area contributed by atoms with Crippen LogP contribution in [-0.2, 0) is 15.9 Å². The zero-order valence-electron chi connectivity index (χ0n) is 14.1. The second-order valence-electron chi connectivity index (χ2n) is 6.07. The van der Waals surface area contributed by atoms with Crippen molar-refractivity contribution in [3.63, 3.8) is 0 Å². The number of ether oxygens (including phenoxy) is 2. The number of carbonyl (C=O) groups excluding carboxylic acids is 2. The maximum atomic E-state index is 12.6. The summed E-state index contributed by atoms with van der Waals surface area (Å²) in [4.78, 5) is 24.8. The van der Waals surface area contributed by atoms with Crippen LogP contribution in [0.2, 0.25) is 5.02 Å². The van der Waals surface area contributed by atoms with Gasteiger partial charge in [-0.3, -0.25) is 4.79 Å². The molecule has 1 aliphatic carbocycles. The van der Waals surface area contributed by atoms with Crippen LogP contribution in [0.25, 0.3) is 0 Å². The van der Waals surface area contributed by atoms with Gasteiger partial charge < -0.3 is 13.9 Å². The molecule has 1 aromatic heterocycles. The second-order valence-corrected chi connectivity index (χ2v) is 6.50. The smallest absolute Gasteiger partial charge is 0.374 e. The van der Waals surface area contributed by atoms with Crippen molar-refractivity contribution in [3.05, 3.63) is 57.5 Å². The fourth-order valence-electron chi connectivity index (χ4n) is 3.18. The molecule has 3 rings (SSSR count). The highest BCUT2D eigenvalue weighted by Crippen LogP contribution is 2.37. The summed E-state index contributed by atoms with van der Waals surface area (Å²) in [6.07, 6.45) is 0.916. The first-order valence-corrected chi connectivity index (χ1v) is 8.46. The summed E-state index contributed by atoms with van der Waals surface area (Å²) in [6.45, 7) is 2.16. The molecule has 0 saturated carbocycles. The van der Waals surface area contributed by atoms with E-state index in [1.165, 1.54) is 7.11 Å². The Morgan fingerprint density at radius 2 is 2.12 bits per heavy atom. The summed E-state index contributed by atoms with van der Waals surface area (Å²) in [5, 5.41) is 0.633. The lowest BCUT2D eigenvalue weighted by Crippen LogP contribution is -2.18. The average molecular weight is 363 g/mol. The number of hydrogen-bond donors (Lipinski definition) is 0. The van der Waals surface area contributed by atoms with Crippen molar-refractivity contribution >= 4 is 23.4 Å². The van der Waals surface area contributed by atoms with Crippen molar-refractivity contribution < 1.29 is 23.5 Å². The molecular weight excluding hydrogens is 344 g/mol. The van der Waals surface area contributed by atoms with Crippen LogP contribution in [0.4, 0.5) is 0 Å². The van der Waals surface area contributed by atoms with Crippen LogP contribution in [-0.4, -0.2) is 32.1 Å². The normalized spacial score (nSPS) is 16.6. The number of benzene rings is 1. The van der Waals surface area contributed by atoms with E-state index in [0.717, 1.165) is 5.56 Å². The van der Waals surface area contributed by atoms with E-state index < -0.39 is 5.97 Å². The molecule has 2 aromatic rings. The van der Waals surface area contributed by atoms with E-state index in [1.807, 2.05) is 18.2 Å². The molecule has 132 valence electrons. The van der Waals surface area contributed by atoms with Crippen molar-refractivity contribution in [2.75, 3.05) is 20.3 Å². The summed E-state index contributed by atoms with van der Waals surface area (Å²) in [6, 6.07) is 7.47. The SMILES string of the molecule is COCCOC(=O)c1oc2c(c1C)C(=O)C[C@H](c1cccc(Cl)c1)C2. The van der Waals surface area contributed by atoms with Gasteiger partial charge in [0, 0.05) is 30.5 Å². The van der Waals surface area contributed by atoms with E-state index in [-0.39, 0.29) is 24.1 Å². The Hall–Kier alpha value is -2.11. The Labute approximate surface area is 150 Å². The van der Waals surface area contributed by atoms with Crippen molar-refractivity contribution in [2.45, 2.75) is 25.7 Å². The Kier molecular flexibility index (Phi) is 5.25. The van der Waals surface area contributed by atoms with Gasteiger partial charge >= 0.3 is 5.97 Å². The van der Waals surface area contributed by atoms with E-state index in [9.17, 15) is 9.59 Å². The molecule has 0 aliphatic heterocycles. The van der Waals surface area contributed by atoms with E-state index >= 15 is 0 Å². The third kappa shape index (κ3) is 3.62. The number of halogens is 1. The van der Waals surface area contributed by atoms with Gasteiger partial charge in [0.05, 0.1) is 12.2 Å². The number of methoxy groups -OCH3 is 1. The molecule has 1 aliphatic rings. The Morgan fingerprint density at radius 1 is 1.32 bits per heavy atom. The standard InChI is InChI=1S/C19H19ClO5/c1-11-17-15(21)9-13(12-4-3-5-14(20)8-12)10-16(17)25-18(11)19(22)24-7-6-23-2/h3-5,8,13H,6-7,9-10H2,1-2H3/t13-/m0/s1. The Balaban J connectivity index is 1.85. The first-order chi connectivity index (χ1) is 12.0. The number of fused-ring (bicyclic) bond motifs is 1. The van der Waals surface area contributed by atoms with E-state index in [1.54, 1.807) is 13.0 Å². The fourth-order valence-corrected chi connectivity index (χ4v) is 3.38. The maximum Gasteiger partial charge on any atom is 0.374 e. The van der Waals surface area contributed by atoms with Crippen LogP contribution in [0.3, 0.4) is 0 Å². The molecule has 0 radical (unpaired) electrons. The van der Waals surface area contributed by atoms with Gasteiger partial charge in [-0.2, -0.15) is 0 Å². The quantitative estimate of drug-likeness (QED) is 0.595. The van der Waals surface area contributed by atoms with Gasteiger partial charge in [-0.05, 0) is 30.5 Å². The van der Waals surface area contributed by atoms with Crippen molar-refractivity contribution in [3.8, 4) is 0 Å². The van der Waals surface area contributed by atoms with Gasteiger partial charge in [0.1, 0.15) is 12.4 Å². The fraction of sp³-hybridized carbons (Fsp3) is 0.368. The van der Waals surface area contributed by atoms with Crippen LogP contribution in [0.5, 0.6) is 0 Å². The number of furan rings is 1. The van der Waals surface area contributed by atoms with Crippen LogP contribution >= 0.6 is 11.6 Å². The zero-order valence-corrected chi connectivity index (χ0v) is 14.9. The Bertz CT molecular complexity index is 808. The molecule has 0 fully saturated rings. The molecule has 0 bridgehead atoms. The van der Waals surface area contributed by atoms with E-state index in [2.05, 4.69) is 0 Å². The Morgan fingerprint density at radius 3 is 2.84 bits per heavy atom. The van der Waals surface area contributed by atoms with Crippen molar-refractivity contribution in [2.24, 2.45) is 0 Å². The molecule has 1 aromatic carbocycles. The van der Waals surface area contributed by atoms with Crippen LogP contribution in [0.1, 0.15) is 50.1 Å². The van der Waals surface area contributed by atoms with Crippen LogP contribution in [0, 0.1) is 6.92 Å². The zero-order chi connectivity index (χ0) is 18.0. The molecule has 1 heterocycles. The van der Waals surface area contributed by atoms with Crippen molar-refractivity contribution in [1.29, 1.82) is 0 Å². The lowest BCUT2D eigenvalue weighted by atomic mass is 9.82. The minimum atomic E-state index is -0.573. The monoisotopic (exact) mass is 362 g/mol. The van der Waals surface area contributed by atoms with E-state index in [4.69, 9.17) is 25.5 Å². The lowest BCUT2D eigenvalue weighted by molar-refractivity contribution is 0.0351. The third-order valence-electron chi connectivity index (χ3n) is 4.39. The minimum Gasteiger partial charge on any atom is -0.457 e. The van der Waals surface area contributed by atoms with Gasteiger partial charge in [-0.15, -0.1) is 0 Å². The minimum absolute atomic E-state index is 0.0124. The number of carbonyl (C=O) groups is 2. The molecule has 0 spiro atoms. The maximum absolute atomic E-state index is 12.6. The number of ketones is 1. The molecular formula is C19H19ClO5. The van der Waals surface area contributed by atoms with Gasteiger partial charge in [-0.1, -0.05) is 23.7 Å². The van der Waals surface area contributed by atoms with Crippen LogP contribution < -0.4 is 0 Å². The molecule has 0 amide bonds. The van der Waals surface area contributed by atoms with Gasteiger partial charge in [0.15, 0.2) is 5.78 Å². The molecule has 0 saturated heterocycles. The number of hydrogen-bond acceptors (Lipinski definition) is 5. The molecule has 25 heavy (non-hydrogen) atoms. The largest absolute Gasteiger partial charge is 0.457 e. The van der Waals surface area contributed by atoms with Gasteiger partial charge in [0.25, 0.3) is 0 Å². The topological polar surface area (TPSA) is 65.7 Å². The highest BCUT2D eigenvalue weighted by molar-refractivity contribution is 6.30. The molecule has 1 atom stereocenters. The average Bonchev–Trinajstić information content (AvgIpc) is 2.92. The number of Topliss-reactive ketones (excluding diaryl/α,β-unsaturated/α-hetero) is 1. The summed E-state index contributed by atoms with van der Waals surface area (Å²) in [5.74, 6) is 0.0275. The molecule has 6 heteroatoms.